The highest BCUT2D eigenvalue weighted by atomic mass is 32.1. The van der Waals surface area contributed by atoms with Crippen LogP contribution in [0, 0.1) is 0 Å². The van der Waals surface area contributed by atoms with E-state index in [1.54, 1.807) is 45.0 Å². The summed E-state index contributed by atoms with van der Waals surface area (Å²) in [5, 5.41) is 11.5. The molecule has 1 aromatic rings. The summed E-state index contributed by atoms with van der Waals surface area (Å²) < 4.78 is 5.05. The zero-order chi connectivity index (χ0) is 15.3. The number of carbonyl (C=O) groups is 2. The third kappa shape index (κ3) is 5.97. The van der Waals surface area contributed by atoms with E-state index in [0.717, 1.165) is 10.5 Å². The Balaban J connectivity index is 2.68. The molecule has 0 saturated heterocycles. The van der Waals surface area contributed by atoms with Gasteiger partial charge in [0.15, 0.2) is 0 Å². The van der Waals surface area contributed by atoms with Crippen molar-refractivity contribution in [2.45, 2.75) is 43.7 Å². The predicted molar refractivity (Wildman–Crippen MR) is 78.2 cm³/mol. The number of thiol groups is 1. The lowest BCUT2D eigenvalue weighted by Gasteiger charge is -2.22. The Morgan fingerprint density at radius 1 is 1.30 bits per heavy atom. The van der Waals surface area contributed by atoms with Crippen LogP contribution < -0.4 is 5.32 Å². The minimum atomic E-state index is -1.11. The first-order valence-corrected chi connectivity index (χ1v) is 6.62. The average molecular weight is 297 g/mol. The largest absolute Gasteiger partial charge is 0.480 e. The summed E-state index contributed by atoms with van der Waals surface area (Å²) in [7, 11) is 0. The topological polar surface area (TPSA) is 75.6 Å². The van der Waals surface area contributed by atoms with Gasteiger partial charge in [-0.1, -0.05) is 12.1 Å². The average Bonchev–Trinajstić information content (AvgIpc) is 2.28. The zero-order valence-corrected chi connectivity index (χ0v) is 12.6. The summed E-state index contributed by atoms with van der Waals surface area (Å²) in [4.78, 5) is 23.6. The molecule has 0 aromatic heterocycles. The Hall–Kier alpha value is -1.69. The number of aliphatic carboxylic acids is 1. The molecule has 5 nitrogen and oxygen atoms in total. The summed E-state index contributed by atoms with van der Waals surface area (Å²) in [6, 6.07) is 6.05. The lowest BCUT2D eigenvalue weighted by atomic mass is 10.1. The number of hydrogen-bond donors (Lipinski definition) is 3. The number of carboxylic acids is 1. The third-order valence-corrected chi connectivity index (χ3v) is 2.66. The molecule has 1 amide bonds. The van der Waals surface area contributed by atoms with Crippen LogP contribution in [-0.4, -0.2) is 28.8 Å². The molecule has 0 spiro atoms. The quantitative estimate of drug-likeness (QED) is 0.746. The summed E-state index contributed by atoms with van der Waals surface area (Å²) in [6.07, 6.45) is -0.557. The van der Waals surface area contributed by atoms with Crippen LogP contribution in [0.3, 0.4) is 0 Å². The normalized spacial score (nSPS) is 12.6. The highest BCUT2D eigenvalue weighted by Gasteiger charge is 2.24. The molecule has 0 unspecified atom stereocenters. The van der Waals surface area contributed by atoms with Crippen LogP contribution in [0.4, 0.5) is 4.79 Å². The molecule has 110 valence electrons. The van der Waals surface area contributed by atoms with E-state index in [1.807, 2.05) is 0 Å². The molecule has 0 heterocycles. The van der Waals surface area contributed by atoms with Gasteiger partial charge in [-0.05, 0) is 38.5 Å². The van der Waals surface area contributed by atoms with Crippen molar-refractivity contribution in [3.8, 4) is 0 Å². The van der Waals surface area contributed by atoms with E-state index in [0.29, 0.717) is 0 Å². The monoisotopic (exact) mass is 297 g/mol. The minimum absolute atomic E-state index is 0.183. The van der Waals surface area contributed by atoms with Gasteiger partial charge < -0.3 is 15.2 Å². The predicted octanol–water partition coefficient (Wildman–Crippen LogP) is 2.50. The van der Waals surface area contributed by atoms with Crippen molar-refractivity contribution in [3.05, 3.63) is 29.8 Å². The Bertz CT molecular complexity index is 479. The number of carboxylic acid groups (broad SMARTS) is 1. The number of nitrogens with one attached hydrogen (secondary N) is 1. The summed E-state index contributed by atoms with van der Waals surface area (Å²) in [5.74, 6) is -1.11. The molecule has 1 rings (SSSR count). The van der Waals surface area contributed by atoms with Gasteiger partial charge in [-0.25, -0.2) is 9.59 Å². The molecule has 2 N–H and O–H groups in total. The summed E-state index contributed by atoms with van der Waals surface area (Å²) in [6.45, 7) is 5.15. The standard InChI is InChI=1S/C14H19NO4S/c1-14(2,3)19-13(18)15-11(12(16)17)8-9-4-6-10(20)7-5-9/h4-7,11,20H,8H2,1-3H3,(H,15,18)(H,16,17)/t11-/m0/s1. The van der Waals surface area contributed by atoms with E-state index in [1.165, 1.54) is 0 Å². The van der Waals surface area contributed by atoms with Crippen LogP contribution >= 0.6 is 12.6 Å². The molecule has 0 bridgehead atoms. The highest BCUT2D eigenvalue weighted by Crippen LogP contribution is 2.11. The fraction of sp³-hybridized carbons (Fsp3) is 0.429. The molecule has 0 aliphatic heterocycles. The maximum atomic E-state index is 11.6. The van der Waals surface area contributed by atoms with Crippen molar-refractivity contribution in [1.82, 2.24) is 5.32 Å². The molecule has 20 heavy (non-hydrogen) atoms. The SMILES string of the molecule is CC(C)(C)OC(=O)N[C@@H](Cc1ccc(S)cc1)C(=O)O. The second-order valence-corrected chi connectivity index (χ2v) is 5.92. The number of hydrogen-bond acceptors (Lipinski definition) is 4. The number of benzene rings is 1. The first-order valence-electron chi connectivity index (χ1n) is 6.17. The maximum absolute atomic E-state index is 11.6. The lowest BCUT2D eigenvalue weighted by molar-refractivity contribution is -0.139. The number of rotatable bonds is 4. The zero-order valence-electron chi connectivity index (χ0n) is 11.7. The van der Waals surface area contributed by atoms with Crippen LogP contribution in [0.15, 0.2) is 29.2 Å². The van der Waals surface area contributed by atoms with Crippen LogP contribution in [0.2, 0.25) is 0 Å². The molecule has 0 saturated carbocycles. The first kappa shape index (κ1) is 16.4. The van der Waals surface area contributed by atoms with Crippen LogP contribution in [-0.2, 0) is 16.0 Å². The molecule has 0 fully saturated rings. The lowest BCUT2D eigenvalue weighted by Crippen LogP contribution is -2.44. The van der Waals surface area contributed by atoms with Gasteiger partial charge in [0.1, 0.15) is 11.6 Å². The molecule has 1 aromatic carbocycles. The fourth-order valence-electron chi connectivity index (χ4n) is 1.52. The van der Waals surface area contributed by atoms with E-state index in [2.05, 4.69) is 17.9 Å². The molecule has 0 radical (unpaired) electrons. The van der Waals surface area contributed by atoms with Gasteiger partial charge in [0.2, 0.25) is 0 Å². The number of ether oxygens (including phenoxy) is 1. The smallest absolute Gasteiger partial charge is 0.408 e. The maximum Gasteiger partial charge on any atom is 0.408 e. The number of carbonyl (C=O) groups excluding carboxylic acids is 1. The van der Waals surface area contributed by atoms with Gasteiger partial charge in [-0.2, -0.15) is 0 Å². The van der Waals surface area contributed by atoms with Gasteiger partial charge in [0.25, 0.3) is 0 Å². The molecule has 1 atom stereocenters. The Kier molecular flexibility index (Phi) is 5.44. The molecule has 0 aliphatic rings. The second-order valence-electron chi connectivity index (χ2n) is 5.41. The van der Waals surface area contributed by atoms with Crippen molar-refractivity contribution in [2.75, 3.05) is 0 Å². The van der Waals surface area contributed by atoms with Gasteiger partial charge in [0, 0.05) is 11.3 Å². The number of amides is 1. The molecular weight excluding hydrogens is 278 g/mol. The van der Waals surface area contributed by atoms with Crippen molar-refractivity contribution in [2.24, 2.45) is 0 Å². The molecule has 0 aliphatic carbocycles. The van der Waals surface area contributed by atoms with E-state index < -0.39 is 23.7 Å². The van der Waals surface area contributed by atoms with Crippen molar-refractivity contribution in [3.63, 3.8) is 0 Å². The summed E-state index contributed by atoms with van der Waals surface area (Å²) >= 11 is 4.16. The van der Waals surface area contributed by atoms with Crippen LogP contribution in [0.5, 0.6) is 0 Å². The van der Waals surface area contributed by atoms with Crippen LogP contribution in [0.1, 0.15) is 26.3 Å². The minimum Gasteiger partial charge on any atom is -0.480 e. The first-order chi connectivity index (χ1) is 9.17. The van der Waals surface area contributed by atoms with Crippen molar-refractivity contribution < 1.29 is 19.4 Å². The van der Waals surface area contributed by atoms with Crippen LogP contribution in [0.25, 0.3) is 0 Å². The van der Waals surface area contributed by atoms with Gasteiger partial charge in [-0.15, -0.1) is 12.6 Å². The fourth-order valence-corrected chi connectivity index (χ4v) is 1.67. The van der Waals surface area contributed by atoms with Gasteiger partial charge in [0.05, 0.1) is 0 Å². The second kappa shape index (κ2) is 6.65. The number of alkyl carbamates (subject to hydrolysis) is 1. The Morgan fingerprint density at radius 3 is 2.30 bits per heavy atom. The highest BCUT2D eigenvalue weighted by molar-refractivity contribution is 7.80. The van der Waals surface area contributed by atoms with E-state index >= 15 is 0 Å². The summed E-state index contributed by atoms with van der Waals surface area (Å²) in [5.41, 5.74) is 0.132. The van der Waals surface area contributed by atoms with Crippen molar-refractivity contribution >= 4 is 24.7 Å². The molecule has 6 heteroatoms. The van der Waals surface area contributed by atoms with Gasteiger partial charge >= 0.3 is 12.1 Å². The third-order valence-electron chi connectivity index (χ3n) is 2.37. The Morgan fingerprint density at radius 2 is 1.85 bits per heavy atom. The van der Waals surface area contributed by atoms with E-state index in [9.17, 15) is 9.59 Å². The Labute approximate surface area is 123 Å². The van der Waals surface area contributed by atoms with E-state index in [-0.39, 0.29) is 6.42 Å². The van der Waals surface area contributed by atoms with Crippen molar-refractivity contribution in [1.29, 1.82) is 0 Å². The van der Waals surface area contributed by atoms with Gasteiger partial charge in [-0.3, -0.25) is 0 Å². The molecular formula is C14H19NO4S. The van der Waals surface area contributed by atoms with E-state index in [4.69, 9.17) is 9.84 Å².